The van der Waals surface area contributed by atoms with Crippen LogP contribution in [0.15, 0.2) is 36.1 Å². The second kappa shape index (κ2) is 7.86. The molecule has 0 aliphatic heterocycles. The van der Waals surface area contributed by atoms with Gasteiger partial charge in [0.2, 0.25) is 11.1 Å². The van der Waals surface area contributed by atoms with Crippen LogP contribution in [0.1, 0.15) is 25.7 Å². The number of nitrogen functional groups attached to an aromatic ring is 1. The predicted octanol–water partition coefficient (Wildman–Crippen LogP) is 3.12. The number of aromatic amines is 2. The highest BCUT2D eigenvalue weighted by Gasteiger charge is 2.22. The number of rotatable bonds is 6. The zero-order valence-corrected chi connectivity index (χ0v) is 16.8. The second-order valence-electron chi connectivity index (χ2n) is 7.61. The lowest BCUT2D eigenvalue weighted by Gasteiger charge is -2.27. The second-order valence-corrected chi connectivity index (χ2v) is 8.60. The first kappa shape index (κ1) is 18.2. The summed E-state index contributed by atoms with van der Waals surface area (Å²) in [6.45, 7) is 0.957. The summed E-state index contributed by atoms with van der Waals surface area (Å²) >= 11 is 1.69. The fraction of sp³-hybridized carbons (Fsp3) is 0.421. The Labute approximate surface area is 171 Å². The molecule has 29 heavy (non-hydrogen) atoms. The number of nitrogens with two attached hydrogens (primary N) is 1. The summed E-state index contributed by atoms with van der Waals surface area (Å²) in [6, 6.07) is 2.01. The minimum absolute atomic E-state index is 0.383. The van der Waals surface area contributed by atoms with E-state index < -0.39 is 0 Å². The Morgan fingerprint density at radius 3 is 2.86 bits per heavy atom. The molecule has 4 aromatic heterocycles. The Morgan fingerprint density at radius 2 is 2.03 bits per heavy atom. The molecule has 5 rings (SSSR count). The number of aromatic nitrogens is 8. The van der Waals surface area contributed by atoms with Crippen molar-refractivity contribution in [3.8, 4) is 11.3 Å². The van der Waals surface area contributed by atoms with E-state index in [-0.39, 0.29) is 0 Å². The summed E-state index contributed by atoms with van der Waals surface area (Å²) < 4.78 is 2.06. The molecular formula is C19H23N9S. The van der Waals surface area contributed by atoms with Crippen LogP contribution in [0.25, 0.3) is 22.3 Å². The first-order valence-electron chi connectivity index (χ1n) is 9.86. The van der Waals surface area contributed by atoms with Crippen LogP contribution in [-0.2, 0) is 6.54 Å². The molecule has 4 aromatic rings. The number of fused-ring (bicyclic) bond motifs is 1. The van der Waals surface area contributed by atoms with Crippen molar-refractivity contribution in [3.63, 3.8) is 0 Å². The molecule has 1 aliphatic carbocycles. The maximum Gasteiger partial charge on any atom is 0.216 e. The number of thioether (sulfide) groups is 1. The van der Waals surface area contributed by atoms with Crippen molar-refractivity contribution >= 4 is 28.7 Å². The lowest BCUT2D eigenvalue weighted by molar-refractivity contribution is 0.260. The summed E-state index contributed by atoms with van der Waals surface area (Å²) in [4.78, 5) is 16.0. The molecule has 0 aromatic carbocycles. The maximum absolute atomic E-state index is 5.58. The predicted molar refractivity (Wildman–Crippen MR) is 112 cm³/mol. The fourth-order valence-electron chi connectivity index (χ4n) is 4.05. The number of hydrogen-bond donors (Lipinski definition) is 3. The van der Waals surface area contributed by atoms with Gasteiger partial charge in [0.25, 0.3) is 0 Å². The molecule has 0 radical (unpaired) electrons. The minimum atomic E-state index is 0.383. The first-order valence-corrected chi connectivity index (χ1v) is 10.8. The van der Waals surface area contributed by atoms with Crippen molar-refractivity contribution in [2.45, 2.75) is 37.4 Å². The Hall–Kier alpha value is -2.88. The van der Waals surface area contributed by atoms with Crippen LogP contribution in [0.3, 0.4) is 0 Å². The lowest BCUT2D eigenvalue weighted by Crippen LogP contribution is -2.20. The summed E-state index contributed by atoms with van der Waals surface area (Å²) in [5.41, 5.74) is 8.40. The van der Waals surface area contributed by atoms with Crippen molar-refractivity contribution in [1.29, 1.82) is 0 Å². The van der Waals surface area contributed by atoms with E-state index in [0.717, 1.165) is 39.7 Å². The Balaban J connectivity index is 1.16. The molecule has 9 nitrogen and oxygen atoms in total. The van der Waals surface area contributed by atoms with Crippen LogP contribution in [0, 0.1) is 11.8 Å². The van der Waals surface area contributed by atoms with Crippen molar-refractivity contribution in [2.24, 2.45) is 11.8 Å². The molecule has 0 spiro atoms. The van der Waals surface area contributed by atoms with E-state index >= 15 is 0 Å². The van der Waals surface area contributed by atoms with Gasteiger partial charge in [-0.1, -0.05) is 11.8 Å². The monoisotopic (exact) mass is 409 g/mol. The lowest BCUT2D eigenvalue weighted by atomic mass is 9.83. The molecule has 0 bridgehead atoms. The summed E-state index contributed by atoms with van der Waals surface area (Å²) in [6.07, 6.45) is 12.4. The van der Waals surface area contributed by atoms with Gasteiger partial charge >= 0.3 is 0 Å². The Morgan fingerprint density at radius 1 is 1.17 bits per heavy atom. The van der Waals surface area contributed by atoms with Crippen molar-refractivity contribution < 1.29 is 0 Å². The van der Waals surface area contributed by atoms with Crippen LogP contribution < -0.4 is 5.73 Å². The van der Waals surface area contributed by atoms with E-state index in [0.29, 0.717) is 17.8 Å². The molecule has 1 saturated carbocycles. The number of anilines is 1. The molecule has 0 saturated heterocycles. The van der Waals surface area contributed by atoms with Crippen LogP contribution in [0.5, 0.6) is 0 Å². The van der Waals surface area contributed by atoms with Crippen molar-refractivity contribution in [1.82, 2.24) is 39.9 Å². The summed E-state index contributed by atoms with van der Waals surface area (Å²) in [5.74, 6) is 2.82. The van der Waals surface area contributed by atoms with Crippen molar-refractivity contribution in [3.05, 3.63) is 31.0 Å². The molecule has 1 fully saturated rings. The van der Waals surface area contributed by atoms with Gasteiger partial charge in [-0.2, -0.15) is 10.1 Å². The third-order valence-electron chi connectivity index (χ3n) is 5.60. The average Bonchev–Trinajstić information content (AvgIpc) is 3.48. The largest absolute Gasteiger partial charge is 0.368 e. The van der Waals surface area contributed by atoms with Gasteiger partial charge in [-0.3, -0.25) is 4.68 Å². The van der Waals surface area contributed by atoms with Gasteiger partial charge in [0, 0.05) is 35.6 Å². The van der Waals surface area contributed by atoms with Crippen LogP contribution in [-0.4, -0.2) is 45.7 Å². The highest BCUT2D eigenvalue weighted by atomic mass is 32.2. The van der Waals surface area contributed by atoms with Crippen LogP contribution in [0.2, 0.25) is 0 Å². The zero-order valence-electron chi connectivity index (χ0n) is 16.0. The van der Waals surface area contributed by atoms with Crippen molar-refractivity contribution in [2.75, 3.05) is 11.5 Å². The molecule has 4 N–H and O–H groups in total. The molecule has 4 heterocycles. The van der Waals surface area contributed by atoms with Gasteiger partial charge < -0.3 is 10.7 Å². The number of H-pyrrole nitrogens is 2. The number of hydrogen-bond acceptors (Lipinski definition) is 7. The van der Waals surface area contributed by atoms with Gasteiger partial charge in [0.05, 0.1) is 11.9 Å². The van der Waals surface area contributed by atoms with E-state index in [9.17, 15) is 0 Å². The normalized spacial score (nSPS) is 19.7. The van der Waals surface area contributed by atoms with E-state index in [1.54, 1.807) is 18.1 Å². The highest BCUT2D eigenvalue weighted by molar-refractivity contribution is 7.99. The maximum atomic E-state index is 5.58. The topological polar surface area (TPSA) is 127 Å². The Bertz CT molecular complexity index is 1090. The Kier molecular flexibility index (Phi) is 4.92. The SMILES string of the molecule is Nc1nc(SCC2CCC(Cn3cc(-c4ncnc5[nH]ccc45)cn3)CC2)n[nH]1. The smallest absolute Gasteiger partial charge is 0.216 e. The zero-order chi connectivity index (χ0) is 19.6. The molecular weight excluding hydrogens is 386 g/mol. The van der Waals surface area contributed by atoms with E-state index in [1.807, 2.05) is 18.5 Å². The van der Waals surface area contributed by atoms with E-state index in [1.165, 1.54) is 25.7 Å². The minimum Gasteiger partial charge on any atom is -0.368 e. The summed E-state index contributed by atoms with van der Waals surface area (Å²) in [5, 5.41) is 13.1. The first-order chi connectivity index (χ1) is 14.2. The van der Waals surface area contributed by atoms with E-state index in [2.05, 4.69) is 46.1 Å². The molecule has 10 heteroatoms. The van der Waals surface area contributed by atoms with E-state index in [4.69, 9.17) is 5.73 Å². The molecule has 0 amide bonds. The fourth-order valence-corrected chi connectivity index (χ4v) is 5.04. The number of nitrogens with zero attached hydrogens (tertiary/aromatic N) is 6. The van der Waals surface area contributed by atoms with Gasteiger partial charge in [-0.15, -0.1) is 5.10 Å². The molecule has 0 atom stereocenters. The third kappa shape index (κ3) is 3.98. The molecule has 1 aliphatic rings. The number of nitrogens with one attached hydrogen (secondary N) is 2. The van der Waals surface area contributed by atoms with Gasteiger partial charge in [0.1, 0.15) is 12.0 Å². The average molecular weight is 410 g/mol. The highest BCUT2D eigenvalue weighted by Crippen LogP contribution is 2.33. The van der Waals surface area contributed by atoms with Gasteiger partial charge in [0.15, 0.2) is 0 Å². The third-order valence-corrected chi connectivity index (χ3v) is 6.68. The van der Waals surface area contributed by atoms with Crippen LogP contribution in [0.4, 0.5) is 5.95 Å². The summed E-state index contributed by atoms with van der Waals surface area (Å²) in [7, 11) is 0. The van der Waals surface area contributed by atoms with Crippen LogP contribution >= 0.6 is 11.8 Å². The van der Waals surface area contributed by atoms with Gasteiger partial charge in [-0.25, -0.2) is 15.1 Å². The standard InChI is InChI=1S/C19H23N9S/c20-18-25-19(27-26-18)29-10-13-3-1-12(2-4-13)8-28-9-14(7-24-28)16-15-5-6-21-17(15)23-11-22-16/h5-7,9,11-13H,1-4,8,10H2,(H,21,22,23)(H3,20,25,26,27). The quantitative estimate of drug-likeness (QED) is 0.418. The molecule has 0 unspecified atom stereocenters. The van der Waals surface area contributed by atoms with Gasteiger partial charge in [-0.05, 0) is 43.6 Å². The molecule has 150 valence electrons.